The van der Waals surface area contributed by atoms with Crippen LogP contribution < -0.4 is 0 Å². The van der Waals surface area contributed by atoms with Gasteiger partial charge in [0, 0.05) is 6.04 Å². The van der Waals surface area contributed by atoms with Crippen molar-refractivity contribution < 1.29 is 9.90 Å². The summed E-state index contributed by atoms with van der Waals surface area (Å²) in [4.78, 5) is 13.3. The fraction of sp³-hybridized carbons (Fsp3) is 0.923. The first kappa shape index (κ1) is 13.5. The second-order valence-electron chi connectivity index (χ2n) is 6.20. The Morgan fingerprint density at radius 1 is 1.38 bits per heavy atom. The van der Waals surface area contributed by atoms with E-state index in [1.54, 1.807) is 0 Å². The van der Waals surface area contributed by atoms with Gasteiger partial charge in [-0.15, -0.1) is 0 Å². The maximum Gasteiger partial charge on any atom is 0.304 e. The van der Waals surface area contributed by atoms with E-state index in [-0.39, 0.29) is 17.9 Å². The maximum atomic E-state index is 10.9. The summed E-state index contributed by atoms with van der Waals surface area (Å²) in [5.74, 6) is 0.111. The monoisotopic (exact) mass is 227 g/mol. The molecule has 3 heteroatoms. The van der Waals surface area contributed by atoms with Gasteiger partial charge in [-0.3, -0.25) is 9.69 Å². The molecule has 0 aromatic heterocycles. The number of carboxylic acids is 1. The van der Waals surface area contributed by atoms with E-state index < -0.39 is 5.97 Å². The molecule has 1 aliphatic heterocycles. The lowest BCUT2D eigenvalue weighted by atomic mass is 9.82. The normalized spacial score (nSPS) is 22.0. The number of carbonyl (C=O) groups is 1. The number of likely N-dealkylation sites (tertiary alicyclic amines) is 1. The highest BCUT2D eigenvalue weighted by Crippen LogP contribution is 2.30. The Balaban J connectivity index is 2.65. The number of hydrogen-bond donors (Lipinski definition) is 1. The second kappa shape index (κ2) is 5.17. The zero-order chi connectivity index (χ0) is 12.3. The highest BCUT2D eigenvalue weighted by Gasteiger charge is 2.33. The molecule has 0 amide bonds. The van der Waals surface area contributed by atoms with Crippen LogP contribution in [0.5, 0.6) is 0 Å². The predicted molar refractivity (Wildman–Crippen MR) is 65.5 cm³/mol. The number of carboxylic acid groups (broad SMARTS) is 1. The Labute approximate surface area is 98.8 Å². The van der Waals surface area contributed by atoms with Crippen LogP contribution in [0.25, 0.3) is 0 Å². The van der Waals surface area contributed by atoms with Crippen molar-refractivity contribution in [1.29, 1.82) is 0 Å². The summed E-state index contributed by atoms with van der Waals surface area (Å²) < 4.78 is 0. The van der Waals surface area contributed by atoms with Crippen molar-refractivity contribution >= 4 is 5.97 Å². The second-order valence-corrected chi connectivity index (χ2v) is 6.20. The number of nitrogens with zero attached hydrogens (tertiary/aromatic N) is 1. The van der Waals surface area contributed by atoms with Gasteiger partial charge in [0.25, 0.3) is 0 Å². The van der Waals surface area contributed by atoms with Crippen molar-refractivity contribution in [2.75, 3.05) is 13.1 Å². The standard InChI is InChI=1S/C13H25NO2/c1-10-5-7-14(8-6-10)11(9-12(15)16)13(2,3)4/h10-11H,5-9H2,1-4H3,(H,15,16). The molecule has 1 unspecified atom stereocenters. The van der Waals surface area contributed by atoms with Crippen LogP contribution in [0.1, 0.15) is 47.0 Å². The number of piperidine rings is 1. The molecule has 0 aromatic carbocycles. The molecule has 0 bridgehead atoms. The summed E-state index contributed by atoms with van der Waals surface area (Å²) in [5.41, 5.74) is 0.0406. The van der Waals surface area contributed by atoms with Gasteiger partial charge in [-0.2, -0.15) is 0 Å². The third-order valence-electron chi connectivity index (χ3n) is 3.63. The van der Waals surface area contributed by atoms with Gasteiger partial charge in [0.15, 0.2) is 0 Å². The lowest BCUT2D eigenvalue weighted by Crippen LogP contribution is -2.48. The van der Waals surface area contributed by atoms with Gasteiger partial charge in [0.1, 0.15) is 0 Å². The minimum atomic E-state index is -0.682. The van der Waals surface area contributed by atoms with Crippen molar-refractivity contribution in [3.8, 4) is 0 Å². The number of hydrogen-bond acceptors (Lipinski definition) is 2. The molecular weight excluding hydrogens is 202 g/mol. The maximum absolute atomic E-state index is 10.9. The summed E-state index contributed by atoms with van der Waals surface area (Å²) in [5, 5.41) is 9.00. The third kappa shape index (κ3) is 3.78. The van der Waals surface area contributed by atoms with Crippen LogP contribution in [-0.2, 0) is 4.79 Å². The molecule has 0 aliphatic carbocycles. The quantitative estimate of drug-likeness (QED) is 0.805. The van der Waals surface area contributed by atoms with Crippen molar-refractivity contribution in [3.05, 3.63) is 0 Å². The Morgan fingerprint density at radius 2 is 1.88 bits per heavy atom. The summed E-state index contributed by atoms with van der Waals surface area (Å²) >= 11 is 0. The first-order valence-electron chi connectivity index (χ1n) is 6.26. The molecule has 94 valence electrons. The molecule has 1 N–H and O–H groups in total. The van der Waals surface area contributed by atoms with Crippen molar-refractivity contribution in [1.82, 2.24) is 4.90 Å². The molecule has 0 saturated carbocycles. The fourth-order valence-electron chi connectivity index (χ4n) is 2.49. The van der Waals surface area contributed by atoms with E-state index in [1.165, 1.54) is 12.8 Å². The molecule has 1 aliphatic rings. The average molecular weight is 227 g/mol. The molecular formula is C13H25NO2. The van der Waals surface area contributed by atoms with Crippen molar-refractivity contribution in [2.24, 2.45) is 11.3 Å². The van der Waals surface area contributed by atoms with Crippen molar-refractivity contribution in [3.63, 3.8) is 0 Å². The summed E-state index contributed by atoms with van der Waals surface area (Å²) in [6.07, 6.45) is 2.66. The largest absolute Gasteiger partial charge is 0.481 e. The topological polar surface area (TPSA) is 40.5 Å². The Bertz CT molecular complexity index is 237. The zero-order valence-corrected chi connectivity index (χ0v) is 11.0. The van der Waals surface area contributed by atoms with Gasteiger partial charge in [-0.25, -0.2) is 0 Å². The highest BCUT2D eigenvalue weighted by molar-refractivity contribution is 5.67. The van der Waals surface area contributed by atoms with E-state index >= 15 is 0 Å². The van der Waals surface area contributed by atoms with Gasteiger partial charge in [0.05, 0.1) is 6.42 Å². The molecule has 16 heavy (non-hydrogen) atoms. The van der Waals surface area contributed by atoms with E-state index in [9.17, 15) is 4.79 Å². The van der Waals surface area contributed by atoms with Crippen LogP contribution in [0.2, 0.25) is 0 Å². The van der Waals surface area contributed by atoms with E-state index in [0.29, 0.717) is 0 Å². The van der Waals surface area contributed by atoms with Crippen molar-refractivity contribution in [2.45, 2.75) is 53.0 Å². The number of aliphatic carboxylic acids is 1. The Hall–Kier alpha value is -0.570. The number of rotatable bonds is 3. The van der Waals surface area contributed by atoms with Gasteiger partial charge in [0.2, 0.25) is 0 Å². The van der Waals surface area contributed by atoms with Gasteiger partial charge in [-0.05, 0) is 37.3 Å². The average Bonchev–Trinajstić information content (AvgIpc) is 2.14. The van der Waals surface area contributed by atoms with Crippen LogP contribution in [0.15, 0.2) is 0 Å². The first-order chi connectivity index (χ1) is 7.30. The SMILES string of the molecule is CC1CCN(C(CC(=O)O)C(C)(C)C)CC1. The van der Waals surface area contributed by atoms with Gasteiger partial charge in [-0.1, -0.05) is 27.7 Å². The van der Waals surface area contributed by atoms with E-state index in [0.717, 1.165) is 19.0 Å². The summed E-state index contributed by atoms with van der Waals surface area (Å²) in [6, 6.07) is 0.164. The molecule has 3 nitrogen and oxygen atoms in total. The first-order valence-corrected chi connectivity index (χ1v) is 6.26. The minimum absolute atomic E-state index is 0.0406. The highest BCUT2D eigenvalue weighted by atomic mass is 16.4. The molecule has 0 radical (unpaired) electrons. The van der Waals surface area contributed by atoms with Crippen LogP contribution in [0.4, 0.5) is 0 Å². The predicted octanol–water partition coefficient (Wildman–Crippen LogP) is 2.61. The molecule has 1 saturated heterocycles. The summed E-state index contributed by atoms with van der Waals surface area (Å²) in [6.45, 7) is 10.8. The molecule has 0 aromatic rings. The smallest absolute Gasteiger partial charge is 0.304 e. The Morgan fingerprint density at radius 3 is 2.25 bits per heavy atom. The minimum Gasteiger partial charge on any atom is -0.481 e. The molecule has 1 atom stereocenters. The Kier molecular flexibility index (Phi) is 4.36. The van der Waals surface area contributed by atoms with E-state index in [1.807, 2.05) is 0 Å². The van der Waals surface area contributed by atoms with Crippen LogP contribution in [0, 0.1) is 11.3 Å². The van der Waals surface area contributed by atoms with E-state index in [4.69, 9.17) is 5.11 Å². The van der Waals surface area contributed by atoms with Gasteiger partial charge < -0.3 is 5.11 Å². The summed E-state index contributed by atoms with van der Waals surface area (Å²) in [7, 11) is 0. The fourth-order valence-corrected chi connectivity index (χ4v) is 2.49. The molecule has 1 heterocycles. The third-order valence-corrected chi connectivity index (χ3v) is 3.63. The van der Waals surface area contributed by atoms with E-state index in [2.05, 4.69) is 32.6 Å². The molecule has 1 fully saturated rings. The lowest BCUT2D eigenvalue weighted by molar-refractivity contribution is -0.139. The zero-order valence-electron chi connectivity index (χ0n) is 11.0. The molecule has 0 spiro atoms. The van der Waals surface area contributed by atoms with Gasteiger partial charge >= 0.3 is 5.97 Å². The lowest BCUT2D eigenvalue weighted by Gasteiger charge is -2.42. The van der Waals surface area contributed by atoms with Crippen LogP contribution >= 0.6 is 0 Å². The van der Waals surface area contributed by atoms with Crippen LogP contribution in [-0.4, -0.2) is 35.1 Å². The molecule has 1 rings (SSSR count). The van der Waals surface area contributed by atoms with Crippen LogP contribution in [0.3, 0.4) is 0 Å².